The summed E-state index contributed by atoms with van der Waals surface area (Å²) in [4.78, 5) is 47.9. The maximum absolute atomic E-state index is 14.4. The number of ether oxygens (including phenoxy) is 1. The van der Waals surface area contributed by atoms with Gasteiger partial charge in [-0.05, 0) is 45.6 Å². The maximum atomic E-state index is 14.4. The van der Waals surface area contributed by atoms with Crippen molar-refractivity contribution in [2.45, 2.75) is 82.8 Å². The molecule has 6 atom stereocenters. The minimum absolute atomic E-state index is 0.127. The van der Waals surface area contributed by atoms with Crippen molar-refractivity contribution in [2.75, 3.05) is 19.7 Å². The third kappa shape index (κ3) is 4.61. The highest BCUT2D eigenvalue weighted by molar-refractivity contribution is 5.99. The van der Waals surface area contributed by atoms with E-state index in [1.54, 1.807) is 28.9 Å². The van der Waals surface area contributed by atoms with Crippen LogP contribution in [0, 0.1) is 11.8 Å². The standard InChI is InChI=1S/C31H43N3O5/c1-7-17-32(19-23-13-11-10-12-14-23)27(36)24-25-28(37)34(22(6)20-35)26(29(38)33(18-8-2)21(4)5)31(25)16-15-30(24,9-3)39-31/h7-8,10-14,21-22,24-26,35H,1-2,9,15-20H2,3-6H3/t22-,24-,25+,26?,30+,31?/m1/s1. The quantitative estimate of drug-likeness (QED) is 0.414. The van der Waals surface area contributed by atoms with Gasteiger partial charge in [0.2, 0.25) is 17.7 Å². The first kappa shape index (κ1) is 29.0. The van der Waals surface area contributed by atoms with Crippen LogP contribution in [0.5, 0.6) is 0 Å². The number of carbonyl (C=O) groups excluding carboxylic acids is 3. The molecule has 1 spiro atoms. The zero-order chi connectivity index (χ0) is 28.5. The number of likely N-dealkylation sites (tertiary alicyclic amines) is 1. The van der Waals surface area contributed by atoms with E-state index in [1.165, 1.54) is 4.90 Å². The van der Waals surface area contributed by atoms with Crippen LogP contribution >= 0.6 is 0 Å². The van der Waals surface area contributed by atoms with Gasteiger partial charge in [0.25, 0.3) is 0 Å². The molecule has 8 heteroatoms. The first-order valence-corrected chi connectivity index (χ1v) is 14.1. The van der Waals surface area contributed by atoms with Gasteiger partial charge in [-0.3, -0.25) is 14.4 Å². The highest BCUT2D eigenvalue weighted by Gasteiger charge is 2.79. The van der Waals surface area contributed by atoms with Gasteiger partial charge >= 0.3 is 0 Å². The number of hydrogen-bond acceptors (Lipinski definition) is 5. The average Bonchev–Trinajstić information content (AvgIpc) is 3.54. The van der Waals surface area contributed by atoms with Gasteiger partial charge in [0.1, 0.15) is 11.6 Å². The summed E-state index contributed by atoms with van der Waals surface area (Å²) < 4.78 is 6.88. The lowest BCUT2D eigenvalue weighted by atomic mass is 9.64. The Labute approximate surface area is 232 Å². The highest BCUT2D eigenvalue weighted by atomic mass is 16.5. The van der Waals surface area contributed by atoms with Crippen LogP contribution in [0.3, 0.4) is 0 Å². The molecule has 3 fully saturated rings. The molecule has 0 saturated carbocycles. The van der Waals surface area contributed by atoms with Crippen molar-refractivity contribution >= 4 is 17.7 Å². The summed E-state index contributed by atoms with van der Waals surface area (Å²) in [6.45, 7) is 16.0. The van der Waals surface area contributed by atoms with Crippen molar-refractivity contribution < 1.29 is 24.2 Å². The lowest BCUT2D eigenvalue weighted by Crippen LogP contribution is -2.59. The lowest BCUT2D eigenvalue weighted by Gasteiger charge is -2.39. The highest BCUT2D eigenvalue weighted by Crippen LogP contribution is 2.65. The van der Waals surface area contributed by atoms with E-state index in [-0.39, 0.29) is 30.4 Å². The largest absolute Gasteiger partial charge is 0.394 e. The van der Waals surface area contributed by atoms with Crippen LogP contribution in [0.1, 0.15) is 52.5 Å². The van der Waals surface area contributed by atoms with Gasteiger partial charge in [-0.1, -0.05) is 49.4 Å². The van der Waals surface area contributed by atoms with E-state index < -0.39 is 35.1 Å². The molecule has 212 valence electrons. The lowest BCUT2D eigenvalue weighted by molar-refractivity contribution is -0.158. The van der Waals surface area contributed by atoms with E-state index in [2.05, 4.69) is 13.2 Å². The second-order valence-electron chi connectivity index (χ2n) is 11.5. The fourth-order valence-corrected chi connectivity index (χ4v) is 7.11. The number of fused-ring (bicyclic) bond motifs is 1. The summed E-state index contributed by atoms with van der Waals surface area (Å²) in [6.07, 6.45) is 5.02. The van der Waals surface area contributed by atoms with Gasteiger partial charge in [0.05, 0.1) is 30.1 Å². The Hall–Kier alpha value is -2.97. The van der Waals surface area contributed by atoms with Crippen LogP contribution in [0.2, 0.25) is 0 Å². The molecule has 1 N–H and O–H groups in total. The second kappa shape index (κ2) is 11.3. The number of nitrogens with zero attached hydrogens (tertiary/aromatic N) is 3. The Kier molecular flexibility index (Phi) is 8.38. The zero-order valence-corrected chi connectivity index (χ0v) is 23.7. The Morgan fingerprint density at radius 1 is 1.13 bits per heavy atom. The number of aliphatic hydroxyl groups is 1. The Balaban J connectivity index is 1.80. The number of aliphatic hydroxyl groups excluding tert-OH is 1. The van der Waals surface area contributed by atoms with Gasteiger partial charge in [-0.15, -0.1) is 13.2 Å². The van der Waals surface area contributed by atoms with Crippen LogP contribution < -0.4 is 0 Å². The van der Waals surface area contributed by atoms with Crippen LogP contribution in [-0.4, -0.2) is 86.6 Å². The van der Waals surface area contributed by atoms with E-state index in [0.717, 1.165) is 5.56 Å². The second-order valence-corrected chi connectivity index (χ2v) is 11.5. The van der Waals surface area contributed by atoms with Gasteiger partial charge in [-0.2, -0.15) is 0 Å². The summed E-state index contributed by atoms with van der Waals surface area (Å²) in [6, 6.07) is 8.09. The normalized spacial score (nSPS) is 29.8. The van der Waals surface area contributed by atoms with Crippen molar-refractivity contribution in [1.29, 1.82) is 0 Å². The SMILES string of the molecule is C=CCN(Cc1ccccc1)C(=O)[C@H]1[C@H]2C(=O)N([C@H](C)CO)C(C(=O)N(CC=C)C(C)C)C23CC[C@]1(CC)O3. The smallest absolute Gasteiger partial charge is 0.248 e. The molecule has 4 rings (SSSR count). The Morgan fingerprint density at radius 3 is 2.36 bits per heavy atom. The maximum Gasteiger partial charge on any atom is 0.248 e. The summed E-state index contributed by atoms with van der Waals surface area (Å²) in [5, 5.41) is 10.1. The fraction of sp³-hybridized carbons (Fsp3) is 0.581. The predicted octanol–water partition coefficient (Wildman–Crippen LogP) is 3.16. The molecule has 0 radical (unpaired) electrons. The minimum Gasteiger partial charge on any atom is -0.394 e. The van der Waals surface area contributed by atoms with Crippen LogP contribution in [0.4, 0.5) is 0 Å². The van der Waals surface area contributed by atoms with E-state index in [1.807, 2.05) is 51.1 Å². The van der Waals surface area contributed by atoms with Gasteiger partial charge in [0, 0.05) is 25.7 Å². The summed E-state index contributed by atoms with van der Waals surface area (Å²) in [5.41, 5.74) is -0.980. The van der Waals surface area contributed by atoms with Gasteiger partial charge < -0.3 is 24.5 Å². The number of carbonyl (C=O) groups is 3. The van der Waals surface area contributed by atoms with Crippen LogP contribution in [-0.2, 0) is 25.7 Å². The number of amides is 3. The van der Waals surface area contributed by atoms with Gasteiger partial charge in [0.15, 0.2) is 0 Å². The van der Waals surface area contributed by atoms with Crippen LogP contribution in [0.15, 0.2) is 55.6 Å². The third-order valence-corrected chi connectivity index (χ3v) is 8.97. The van der Waals surface area contributed by atoms with E-state index in [0.29, 0.717) is 38.9 Å². The summed E-state index contributed by atoms with van der Waals surface area (Å²) >= 11 is 0. The van der Waals surface area contributed by atoms with Crippen molar-refractivity contribution in [2.24, 2.45) is 11.8 Å². The van der Waals surface area contributed by atoms with Crippen molar-refractivity contribution in [1.82, 2.24) is 14.7 Å². The molecule has 3 aliphatic rings. The Morgan fingerprint density at radius 2 is 1.79 bits per heavy atom. The zero-order valence-electron chi connectivity index (χ0n) is 23.7. The van der Waals surface area contributed by atoms with E-state index in [4.69, 9.17) is 4.74 Å². The molecule has 1 aromatic carbocycles. The molecule has 1 aromatic rings. The van der Waals surface area contributed by atoms with Crippen LogP contribution in [0.25, 0.3) is 0 Å². The van der Waals surface area contributed by atoms with E-state index in [9.17, 15) is 19.5 Å². The monoisotopic (exact) mass is 537 g/mol. The molecule has 3 amide bonds. The molecule has 3 saturated heterocycles. The molecule has 39 heavy (non-hydrogen) atoms. The molecule has 0 aromatic heterocycles. The number of rotatable bonds is 12. The summed E-state index contributed by atoms with van der Waals surface area (Å²) in [5.74, 6) is -2.21. The molecule has 0 aliphatic carbocycles. The van der Waals surface area contributed by atoms with Gasteiger partial charge in [-0.25, -0.2) is 0 Å². The van der Waals surface area contributed by atoms with Crippen molar-refractivity contribution in [3.63, 3.8) is 0 Å². The summed E-state index contributed by atoms with van der Waals surface area (Å²) in [7, 11) is 0. The van der Waals surface area contributed by atoms with Crippen molar-refractivity contribution in [3.05, 3.63) is 61.2 Å². The first-order valence-electron chi connectivity index (χ1n) is 14.1. The molecule has 3 aliphatic heterocycles. The average molecular weight is 538 g/mol. The molecule has 2 unspecified atom stereocenters. The first-order chi connectivity index (χ1) is 18.6. The van der Waals surface area contributed by atoms with Crippen molar-refractivity contribution in [3.8, 4) is 0 Å². The predicted molar refractivity (Wildman–Crippen MR) is 149 cm³/mol. The fourth-order valence-electron chi connectivity index (χ4n) is 7.11. The minimum atomic E-state index is -1.13. The number of benzene rings is 1. The molecule has 3 heterocycles. The topological polar surface area (TPSA) is 90.4 Å². The Bertz CT molecular complexity index is 1110. The molecule has 2 bridgehead atoms. The third-order valence-electron chi connectivity index (χ3n) is 8.97. The number of hydrogen-bond donors (Lipinski definition) is 1. The molecular weight excluding hydrogens is 494 g/mol. The van der Waals surface area contributed by atoms with E-state index >= 15 is 0 Å². The molecule has 8 nitrogen and oxygen atoms in total. The molecular formula is C31H43N3O5.